The molecule has 1 saturated heterocycles. The Labute approximate surface area is 296 Å². The van der Waals surface area contributed by atoms with Gasteiger partial charge in [-0.1, -0.05) is 48.2 Å². The van der Waals surface area contributed by atoms with Crippen molar-refractivity contribution in [2.24, 2.45) is 0 Å². The van der Waals surface area contributed by atoms with Crippen molar-refractivity contribution in [2.75, 3.05) is 11.9 Å². The Kier molecular flexibility index (Phi) is 8.50. The van der Waals surface area contributed by atoms with Crippen molar-refractivity contribution in [1.29, 1.82) is 0 Å². The lowest BCUT2D eigenvalue weighted by atomic mass is 10.0. The first-order valence-electron chi connectivity index (χ1n) is 16.7. The molecule has 3 aromatic heterocycles. The number of amides is 4. The molecule has 0 aliphatic carbocycles. The highest BCUT2D eigenvalue weighted by Gasteiger charge is 2.45. The van der Waals surface area contributed by atoms with Crippen molar-refractivity contribution in [3.05, 3.63) is 111 Å². The number of piperidine rings is 1. The van der Waals surface area contributed by atoms with Crippen molar-refractivity contribution in [2.45, 2.75) is 58.4 Å². The third-order valence-corrected chi connectivity index (χ3v) is 10.4. The van der Waals surface area contributed by atoms with E-state index in [4.69, 9.17) is 4.74 Å². The molecule has 1 atom stereocenters. The van der Waals surface area contributed by atoms with E-state index >= 15 is 0 Å². The van der Waals surface area contributed by atoms with Gasteiger partial charge in [-0.05, 0) is 49.4 Å². The summed E-state index contributed by atoms with van der Waals surface area (Å²) < 4.78 is 9.92. The van der Waals surface area contributed by atoms with Gasteiger partial charge in [0.2, 0.25) is 11.8 Å². The predicted molar refractivity (Wildman–Crippen MR) is 186 cm³/mol. The molecule has 0 radical (unpaired) electrons. The van der Waals surface area contributed by atoms with Gasteiger partial charge in [0.05, 0.1) is 34.4 Å². The summed E-state index contributed by atoms with van der Waals surface area (Å²) in [6.07, 6.45) is 5.24. The van der Waals surface area contributed by atoms with Crippen LogP contribution in [0, 0.1) is 18.8 Å². The highest BCUT2D eigenvalue weighted by atomic mass is 32.1. The minimum absolute atomic E-state index is 0.0704. The number of ether oxygens (including phenoxy) is 1. The minimum Gasteiger partial charge on any atom is -0.384 e. The molecule has 1 unspecified atom stereocenters. The van der Waals surface area contributed by atoms with E-state index in [0.29, 0.717) is 38.4 Å². The number of carbonyl (C=O) groups excluding carboxylic acids is 4. The monoisotopic (exact) mass is 700 g/mol. The summed E-state index contributed by atoms with van der Waals surface area (Å²) in [4.78, 5) is 52.5. The van der Waals surface area contributed by atoms with Gasteiger partial charge in [-0.15, -0.1) is 21.5 Å². The average Bonchev–Trinajstić information content (AvgIpc) is 3.85. The van der Waals surface area contributed by atoms with Gasteiger partial charge in [0, 0.05) is 37.0 Å². The fourth-order valence-electron chi connectivity index (χ4n) is 6.72. The van der Waals surface area contributed by atoms with Crippen molar-refractivity contribution in [3.63, 3.8) is 0 Å². The van der Waals surface area contributed by atoms with E-state index in [1.807, 2.05) is 36.0 Å². The predicted octanol–water partition coefficient (Wildman–Crippen LogP) is 3.76. The number of rotatable bonds is 8. The molecule has 3 aliphatic heterocycles. The van der Waals surface area contributed by atoms with Crippen LogP contribution in [0.3, 0.4) is 0 Å². The van der Waals surface area contributed by atoms with Crippen molar-refractivity contribution >= 4 is 40.7 Å². The lowest BCUT2D eigenvalue weighted by Gasteiger charge is -2.27. The highest BCUT2D eigenvalue weighted by Crippen LogP contribution is 2.37. The Hall–Kier alpha value is -5.91. The average molecular weight is 701 g/mol. The number of anilines is 1. The van der Waals surface area contributed by atoms with Crippen LogP contribution in [0.25, 0.3) is 5.00 Å². The van der Waals surface area contributed by atoms with Crippen molar-refractivity contribution < 1.29 is 23.9 Å². The standard InChI is InChI=1S/C37H32N8O5S/c1-22-41-42-31-21-50-20-27-26(17-23-7-3-2-4-8-23)30(51-37(27)44(22)31)13-11-24-18-39-43(19-24)16-6-15-38-28-10-5-9-25-33(28)36(49)45(35(25)48)29-12-14-32(46)40-34(29)47/h2-5,7-10,18-19,29,38H,6,12,14-17,20-21H2,1H3,(H,40,46,47). The van der Waals surface area contributed by atoms with Crippen LogP contribution in [0.1, 0.15) is 78.8 Å². The van der Waals surface area contributed by atoms with Crippen LogP contribution in [0.4, 0.5) is 5.69 Å². The van der Waals surface area contributed by atoms with Gasteiger partial charge < -0.3 is 10.1 Å². The van der Waals surface area contributed by atoms with Crippen LogP contribution in [-0.2, 0) is 40.5 Å². The van der Waals surface area contributed by atoms with E-state index in [2.05, 4.69) is 54.5 Å². The van der Waals surface area contributed by atoms with Gasteiger partial charge >= 0.3 is 0 Å². The Morgan fingerprint density at radius 1 is 1.02 bits per heavy atom. The normalized spacial score (nSPS) is 16.6. The smallest absolute Gasteiger partial charge is 0.264 e. The van der Waals surface area contributed by atoms with Crippen LogP contribution in [-0.4, -0.2) is 65.7 Å². The maximum atomic E-state index is 13.4. The zero-order chi connectivity index (χ0) is 35.1. The Morgan fingerprint density at radius 3 is 2.73 bits per heavy atom. The zero-order valence-electron chi connectivity index (χ0n) is 27.6. The molecule has 3 aliphatic rings. The first kappa shape index (κ1) is 32.3. The SMILES string of the molecule is Cc1nnc2n1-c1sc(C#Cc3cnn(CCCNc4cccc5c4C(=O)N(C4CCC(=O)NC4=O)C5=O)c3)c(Cc3ccccc3)c1COC2. The van der Waals surface area contributed by atoms with Gasteiger partial charge in [-0.25, -0.2) is 0 Å². The first-order valence-corrected chi connectivity index (χ1v) is 17.5. The molecule has 4 amide bonds. The van der Waals surface area contributed by atoms with E-state index in [9.17, 15) is 19.2 Å². The number of hydrogen-bond acceptors (Lipinski definition) is 10. The molecule has 14 heteroatoms. The molecule has 2 aromatic carbocycles. The number of thiophene rings is 1. The maximum Gasteiger partial charge on any atom is 0.264 e. The molecule has 8 rings (SSSR count). The highest BCUT2D eigenvalue weighted by molar-refractivity contribution is 7.15. The molecule has 256 valence electrons. The fraction of sp³-hybridized carbons (Fsp3) is 0.270. The number of fused-ring (bicyclic) bond motifs is 4. The van der Waals surface area contributed by atoms with Gasteiger partial charge in [-0.3, -0.25) is 38.6 Å². The van der Waals surface area contributed by atoms with Gasteiger partial charge in [0.25, 0.3) is 11.8 Å². The van der Waals surface area contributed by atoms with Crippen LogP contribution < -0.4 is 10.6 Å². The third-order valence-electron chi connectivity index (χ3n) is 9.19. The summed E-state index contributed by atoms with van der Waals surface area (Å²) in [6, 6.07) is 14.3. The quantitative estimate of drug-likeness (QED) is 0.140. The second-order valence-electron chi connectivity index (χ2n) is 12.5. The molecule has 1 fully saturated rings. The summed E-state index contributed by atoms with van der Waals surface area (Å²) >= 11 is 1.63. The number of nitrogens with one attached hydrogen (secondary N) is 2. The summed E-state index contributed by atoms with van der Waals surface area (Å²) in [5.74, 6) is 6.21. The Morgan fingerprint density at radius 2 is 1.88 bits per heavy atom. The molecule has 0 saturated carbocycles. The van der Waals surface area contributed by atoms with Gasteiger partial charge in [0.1, 0.15) is 23.5 Å². The van der Waals surface area contributed by atoms with E-state index in [1.165, 1.54) is 5.56 Å². The van der Waals surface area contributed by atoms with E-state index in [-0.39, 0.29) is 24.0 Å². The molecule has 6 heterocycles. The largest absolute Gasteiger partial charge is 0.384 e. The molecular weight excluding hydrogens is 669 g/mol. The zero-order valence-corrected chi connectivity index (χ0v) is 28.5. The number of imide groups is 2. The van der Waals surface area contributed by atoms with Gasteiger partial charge in [0.15, 0.2) is 5.82 Å². The third kappa shape index (κ3) is 6.11. The number of hydrogen-bond donors (Lipinski definition) is 2. The van der Waals surface area contributed by atoms with Crippen molar-refractivity contribution in [3.8, 4) is 16.8 Å². The maximum absolute atomic E-state index is 13.4. The lowest BCUT2D eigenvalue weighted by molar-refractivity contribution is -0.136. The van der Waals surface area contributed by atoms with Crippen LogP contribution in [0.15, 0.2) is 60.9 Å². The number of carbonyl (C=O) groups is 4. The second-order valence-corrected chi connectivity index (χ2v) is 13.5. The molecule has 51 heavy (non-hydrogen) atoms. The molecule has 0 bridgehead atoms. The molecular formula is C37H32N8O5S. The molecule has 13 nitrogen and oxygen atoms in total. The van der Waals surface area contributed by atoms with E-state index in [0.717, 1.165) is 49.5 Å². The number of aryl methyl sites for hydroxylation is 2. The fourth-order valence-corrected chi connectivity index (χ4v) is 7.97. The molecule has 0 spiro atoms. The Bertz CT molecular complexity index is 2280. The van der Waals surface area contributed by atoms with E-state index in [1.54, 1.807) is 35.7 Å². The first-order chi connectivity index (χ1) is 24.9. The molecule has 5 aromatic rings. The van der Waals surface area contributed by atoms with Crippen LogP contribution in [0.2, 0.25) is 0 Å². The van der Waals surface area contributed by atoms with Crippen LogP contribution >= 0.6 is 11.3 Å². The number of aromatic nitrogens is 5. The summed E-state index contributed by atoms with van der Waals surface area (Å²) in [6.45, 7) is 3.92. The minimum atomic E-state index is -1.01. The molecule has 2 N–H and O–H groups in total. The number of nitrogens with zero attached hydrogens (tertiary/aromatic N) is 6. The van der Waals surface area contributed by atoms with E-state index < -0.39 is 29.7 Å². The second kappa shape index (κ2) is 13.4. The summed E-state index contributed by atoms with van der Waals surface area (Å²) in [7, 11) is 0. The van der Waals surface area contributed by atoms with Crippen molar-refractivity contribution in [1.82, 2.24) is 34.8 Å². The number of benzene rings is 2. The summed E-state index contributed by atoms with van der Waals surface area (Å²) in [5, 5.41) is 19.7. The Balaban J connectivity index is 0.950. The van der Waals surface area contributed by atoms with Crippen LogP contribution in [0.5, 0.6) is 0 Å². The van der Waals surface area contributed by atoms with Gasteiger partial charge in [-0.2, -0.15) is 5.10 Å². The lowest BCUT2D eigenvalue weighted by Crippen LogP contribution is -2.54. The summed E-state index contributed by atoms with van der Waals surface area (Å²) in [5.41, 5.74) is 5.22. The topological polar surface area (TPSA) is 153 Å².